The lowest BCUT2D eigenvalue weighted by molar-refractivity contribution is 0.409. The Hall–Kier alpha value is -0.540. The summed E-state index contributed by atoms with van der Waals surface area (Å²) in [5, 5.41) is 3.32. The fraction of sp³-hybridized carbons (Fsp3) is 0.500. The van der Waals surface area contributed by atoms with Gasteiger partial charge < -0.3 is 10.1 Å². The highest BCUT2D eigenvalue weighted by Crippen LogP contribution is 2.30. The molecule has 1 N–H and O–H groups in total. The summed E-state index contributed by atoms with van der Waals surface area (Å²) in [7, 11) is 3.67. The van der Waals surface area contributed by atoms with E-state index in [-0.39, 0.29) is 0 Å². The fourth-order valence-corrected chi connectivity index (χ4v) is 2.32. The molecule has 0 aromatic heterocycles. The Morgan fingerprint density at radius 1 is 1.33 bits per heavy atom. The first-order valence-electron chi connectivity index (χ1n) is 5.10. The molecular weight excluding hydrogens is 254 g/mol. The van der Waals surface area contributed by atoms with Crippen molar-refractivity contribution in [3.05, 3.63) is 28.2 Å². The maximum Gasteiger partial charge on any atom is 0.133 e. The molecule has 0 aliphatic rings. The van der Waals surface area contributed by atoms with Crippen LogP contribution in [0.1, 0.15) is 25.5 Å². The van der Waals surface area contributed by atoms with Crippen LogP contribution in [-0.4, -0.2) is 14.2 Å². The molecule has 1 aromatic rings. The van der Waals surface area contributed by atoms with Crippen LogP contribution >= 0.6 is 15.9 Å². The third kappa shape index (κ3) is 2.95. The van der Waals surface area contributed by atoms with Crippen molar-refractivity contribution in [2.75, 3.05) is 14.2 Å². The average molecular weight is 272 g/mol. The molecule has 2 nitrogen and oxygen atoms in total. The van der Waals surface area contributed by atoms with Crippen molar-refractivity contribution in [1.82, 2.24) is 5.32 Å². The number of rotatable bonds is 4. The van der Waals surface area contributed by atoms with E-state index in [1.807, 2.05) is 13.1 Å². The molecule has 0 saturated carbocycles. The Bertz CT molecular complexity index is 325. The van der Waals surface area contributed by atoms with Crippen molar-refractivity contribution < 1.29 is 4.74 Å². The maximum atomic E-state index is 5.21. The SMILES string of the molecule is CNC(c1ccc(OC)c(Br)c1)C(C)C. The number of hydrogen-bond donors (Lipinski definition) is 1. The van der Waals surface area contributed by atoms with Crippen LogP contribution in [0.2, 0.25) is 0 Å². The second-order valence-electron chi connectivity index (χ2n) is 3.90. The Labute approximate surface area is 100 Å². The van der Waals surface area contributed by atoms with Crippen molar-refractivity contribution in [3.63, 3.8) is 0 Å². The van der Waals surface area contributed by atoms with Crippen molar-refractivity contribution >= 4 is 15.9 Å². The van der Waals surface area contributed by atoms with Crippen LogP contribution in [0.25, 0.3) is 0 Å². The first-order chi connectivity index (χ1) is 7.10. The molecule has 84 valence electrons. The van der Waals surface area contributed by atoms with Gasteiger partial charge in [0.15, 0.2) is 0 Å². The van der Waals surface area contributed by atoms with E-state index in [2.05, 4.69) is 47.2 Å². The number of halogens is 1. The van der Waals surface area contributed by atoms with Gasteiger partial charge in [-0.2, -0.15) is 0 Å². The number of nitrogens with one attached hydrogen (secondary N) is 1. The highest BCUT2D eigenvalue weighted by atomic mass is 79.9. The van der Waals surface area contributed by atoms with Gasteiger partial charge in [-0.1, -0.05) is 19.9 Å². The second-order valence-corrected chi connectivity index (χ2v) is 4.76. The van der Waals surface area contributed by atoms with E-state index in [0.717, 1.165) is 10.2 Å². The van der Waals surface area contributed by atoms with Crippen molar-refractivity contribution in [2.24, 2.45) is 5.92 Å². The van der Waals surface area contributed by atoms with Gasteiger partial charge in [-0.05, 0) is 46.6 Å². The van der Waals surface area contributed by atoms with E-state index >= 15 is 0 Å². The van der Waals surface area contributed by atoms with Gasteiger partial charge in [-0.25, -0.2) is 0 Å². The average Bonchev–Trinajstić information content (AvgIpc) is 2.18. The number of hydrogen-bond acceptors (Lipinski definition) is 2. The Morgan fingerprint density at radius 3 is 2.40 bits per heavy atom. The van der Waals surface area contributed by atoms with Crippen molar-refractivity contribution in [1.29, 1.82) is 0 Å². The number of benzene rings is 1. The summed E-state index contributed by atoms with van der Waals surface area (Å²) < 4.78 is 6.21. The fourth-order valence-electron chi connectivity index (χ4n) is 1.76. The van der Waals surface area contributed by atoms with E-state index in [9.17, 15) is 0 Å². The highest BCUT2D eigenvalue weighted by molar-refractivity contribution is 9.10. The number of methoxy groups -OCH3 is 1. The predicted octanol–water partition coefficient (Wildman–Crippen LogP) is 3.37. The Kier molecular flexibility index (Phi) is 4.61. The predicted molar refractivity (Wildman–Crippen MR) is 67.3 cm³/mol. The van der Waals surface area contributed by atoms with Crippen LogP contribution in [0.3, 0.4) is 0 Å². The van der Waals surface area contributed by atoms with E-state index < -0.39 is 0 Å². The molecule has 15 heavy (non-hydrogen) atoms. The third-order valence-corrected chi connectivity index (χ3v) is 3.13. The topological polar surface area (TPSA) is 21.3 Å². The Balaban J connectivity index is 3.00. The first kappa shape index (κ1) is 12.5. The zero-order valence-electron chi connectivity index (χ0n) is 9.67. The minimum Gasteiger partial charge on any atom is -0.496 e. The first-order valence-corrected chi connectivity index (χ1v) is 5.90. The molecule has 0 spiro atoms. The summed E-state index contributed by atoms with van der Waals surface area (Å²) >= 11 is 3.50. The molecule has 0 bridgehead atoms. The zero-order valence-corrected chi connectivity index (χ0v) is 11.3. The molecule has 3 heteroatoms. The monoisotopic (exact) mass is 271 g/mol. The van der Waals surface area contributed by atoms with Gasteiger partial charge in [-0.15, -0.1) is 0 Å². The summed E-state index contributed by atoms with van der Waals surface area (Å²) in [5.41, 5.74) is 1.28. The normalized spacial score (nSPS) is 12.9. The van der Waals surface area contributed by atoms with Gasteiger partial charge in [-0.3, -0.25) is 0 Å². The van der Waals surface area contributed by atoms with E-state index in [1.54, 1.807) is 7.11 Å². The van der Waals surface area contributed by atoms with Crippen LogP contribution in [0.4, 0.5) is 0 Å². The van der Waals surface area contributed by atoms with Crippen molar-refractivity contribution in [3.8, 4) is 5.75 Å². The van der Waals surface area contributed by atoms with Crippen LogP contribution < -0.4 is 10.1 Å². The van der Waals surface area contributed by atoms with Crippen LogP contribution in [0, 0.1) is 5.92 Å². The minimum absolute atomic E-state index is 0.382. The molecule has 1 aromatic carbocycles. The lowest BCUT2D eigenvalue weighted by atomic mass is 9.96. The maximum absolute atomic E-state index is 5.21. The molecule has 0 heterocycles. The second kappa shape index (κ2) is 5.52. The standard InChI is InChI=1S/C12H18BrNO/c1-8(2)12(14-3)9-5-6-11(15-4)10(13)7-9/h5-8,12,14H,1-4H3. The van der Waals surface area contributed by atoms with Gasteiger partial charge in [0.05, 0.1) is 11.6 Å². The van der Waals surface area contributed by atoms with Gasteiger partial charge in [0, 0.05) is 6.04 Å². The number of ether oxygens (including phenoxy) is 1. The summed E-state index contributed by atoms with van der Waals surface area (Å²) in [6.45, 7) is 4.42. The highest BCUT2D eigenvalue weighted by Gasteiger charge is 2.14. The van der Waals surface area contributed by atoms with E-state index in [0.29, 0.717) is 12.0 Å². The molecule has 0 amide bonds. The molecule has 0 aliphatic heterocycles. The summed E-state index contributed by atoms with van der Waals surface area (Å²) in [6.07, 6.45) is 0. The van der Waals surface area contributed by atoms with Crippen molar-refractivity contribution in [2.45, 2.75) is 19.9 Å². The van der Waals surface area contributed by atoms with Crippen LogP contribution in [0.5, 0.6) is 5.75 Å². The van der Waals surface area contributed by atoms with Gasteiger partial charge >= 0.3 is 0 Å². The quantitative estimate of drug-likeness (QED) is 0.907. The molecule has 1 rings (SSSR count). The largest absolute Gasteiger partial charge is 0.496 e. The summed E-state index contributed by atoms with van der Waals surface area (Å²) in [5.74, 6) is 1.44. The molecule has 1 unspecified atom stereocenters. The lowest BCUT2D eigenvalue weighted by Gasteiger charge is -2.21. The van der Waals surface area contributed by atoms with Crippen LogP contribution in [-0.2, 0) is 0 Å². The molecule has 0 radical (unpaired) electrons. The molecule has 0 saturated heterocycles. The molecular formula is C12H18BrNO. The minimum atomic E-state index is 0.382. The van der Waals surface area contributed by atoms with Gasteiger partial charge in [0.2, 0.25) is 0 Å². The van der Waals surface area contributed by atoms with E-state index in [1.165, 1.54) is 5.56 Å². The van der Waals surface area contributed by atoms with Gasteiger partial charge in [0.25, 0.3) is 0 Å². The third-order valence-electron chi connectivity index (χ3n) is 2.51. The smallest absolute Gasteiger partial charge is 0.133 e. The molecule has 0 fully saturated rings. The lowest BCUT2D eigenvalue weighted by Crippen LogP contribution is -2.21. The zero-order chi connectivity index (χ0) is 11.4. The van der Waals surface area contributed by atoms with Gasteiger partial charge in [0.1, 0.15) is 5.75 Å². The molecule has 0 aliphatic carbocycles. The summed E-state index contributed by atoms with van der Waals surface area (Å²) in [4.78, 5) is 0. The molecule has 1 atom stereocenters. The van der Waals surface area contributed by atoms with Crippen LogP contribution in [0.15, 0.2) is 22.7 Å². The Morgan fingerprint density at radius 2 is 2.00 bits per heavy atom. The summed E-state index contributed by atoms with van der Waals surface area (Å²) in [6, 6.07) is 6.59. The van der Waals surface area contributed by atoms with E-state index in [4.69, 9.17) is 4.74 Å².